The second-order valence-electron chi connectivity index (χ2n) is 15.9. The molecule has 14 nitrogen and oxygen atoms in total. The van der Waals surface area contributed by atoms with Gasteiger partial charge in [-0.15, -0.1) is 0 Å². The van der Waals surface area contributed by atoms with Gasteiger partial charge >= 0.3 is 23.9 Å². The van der Waals surface area contributed by atoms with E-state index < -0.39 is 66.0 Å². The van der Waals surface area contributed by atoms with Crippen molar-refractivity contribution in [1.82, 2.24) is 15.2 Å². The summed E-state index contributed by atoms with van der Waals surface area (Å²) in [6.45, 7) is 11.0. The first-order chi connectivity index (χ1) is 30.0. The number of aliphatic carboxylic acids is 4. The molecule has 0 radical (unpaired) electrons. The lowest BCUT2D eigenvalue weighted by atomic mass is 9.79. The van der Waals surface area contributed by atoms with Crippen molar-refractivity contribution in [2.75, 3.05) is 6.54 Å². The summed E-state index contributed by atoms with van der Waals surface area (Å²) in [5.74, 6) is -6.72. The van der Waals surface area contributed by atoms with Crippen LogP contribution in [0.4, 0.5) is 5.69 Å². The number of carbonyl (C=O) groups excluding carboxylic acids is 2. The topological polar surface area (TPSA) is 215 Å². The summed E-state index contributed by atoms with van der Waals surface area (Å²) in [7, 11) is 0. The molecule has 4 aromatic carbocycles. The highest BCUT2D eigenvalue weighted by Crippen LogP contribution is 2.44. The van der Waals surface area contributed by atoms with Crippen LogP contribution in [0.15, 0.2) is 109 Å². The van der Waals surface area contributed by atoms with Gasteiger partial charge < -0.3 is 35.6 Å². The monoisotopic (exact) mass is 853 g/mol. The molecule has 14 heteroatoms. The van der Waals surface area contributed by atoms with Gasteiger partial charge in [0, 0.05) is 52.1 Å². The van der Waals surface area contributed by atoms with Crippen molar-refractivity contribution >= 4 is 92.2 Å². The smallest absolute Gasteiger partial charge is 0.326 e. The maximum absolute atomic E-state index is 13.0. The predicted octanol–water partition coefficient (Wildman–Crippen LogP) is 5.14. The first-order valence-electron chi connectivity index (χ1n) is 20.3. The van der Waals surface area contributed by atoms with Gasteiger partial charge in [-0.25, -0.2) is 9.59 Å². The molecule has 0 aliphatic carbocycles. The molecule has 0 saturated heterocycles. The lowest BCUT2D eigenvalue weighted by Crippen LogP contribution is -2.42. The number of fused-ring (bicyclic) bond motifs is 6. The SMILES string of the molecule is C=c1\c(=C/C=C/C(C)=C/C=C/C2=[N+](CCC(=O)NC(CC(=O)O)C(=O)O)c3ccc4ccccc4c3C2(C)C)n(CCC(=O)NC(CC(=O)O)C(=O)O)c2ccc3ccccc3c12. The van der Waals surface area contributed by atoms with E-state index in [4.69, 9.17) is 10.2 Å². The second kappa shape index (κ2) is 19.0. The number of nitrogens with one attached hydrogen (secondary N) is 2. The van der Waals surface area contributed by atoms with Gasteiger partial charge in [-0.05, 0) is 60.5 Å². The fourth-order valence-electron chi connectivity index (χ4n) is 8.28. The van der Waals surface area contributed by atoms with Crippen LogP contribution in [0.25, 0.3) is 45.1 Å². The molecule has 2 unspecified atom stereocenters. The highest BCUT2D eigenvalue weighted by atomic mass is 16.4. The van der Waals surface area contributed by atoms with Crippen LogP contribution < -0.4 is 21.2 Å². The standard InChI is InChI=1S/C49H48N4O10/c1-29(11-9-17-37-30(2)45-33-15-7-5-13-31(33)19-21-38(45)52(37)25-23-41(54)50-35(47(60)61)27-43(56)57)12-10-18-40-49(3,4)46-34-16-8-6-14-32(34)20-22-39(46)53(40)26-24-42(55)51-36(48(62)63)28-44(58)59/h5-22,35-36H,2,23-28H2,1,3-4H3,(H5-,50,51,54,55,56,57,58,59,60,61,62,63)/p+1. The van der Waals surface area contributed by atoms with E-state index in [9.17, 15) is 39.0 Å². The minimum Gasteiger partial charge on any atom is -0.481 e. The molecule has 2 atom stereocenters. The Balaban J connectivity index is 1.30. The van der Waals surface area contributed by atoms with E-state index in [0.717, 1.165) is 65.6 Å². The van der Waals surface area contributed by atoms with Crippen LogP contribution in [-0.4, -0.2) is 89.6 Å². The Morgan fingerprint density at radius 2 is 1.33 bits per heavy atom. The Morgan fingerprint density at radius 1 is 0.762 bits per heavy atom. The maximum atomic E-state index is 13.0. The minimum absolute atomic E-state index is 0.0877. The lowest BCUT2D eigenvalue weighted by Gasteiger charge is -2.17. The summed E-state index contributed by atoms with van der Waals surface area (Å²) in [5.41, 5.74) is 4.11. The summed E-state index contributed by atoms with van der Waals surface area (Å²) in [4.78, 5) is 71.6. The number of hydrogen-bond acceptors (Lipinski definition) is 6. The molecule has 0 spiro atoms. The van der Waals surface area contributed by atoms with Gasteiger partial charge in [0.2, 0.25) is 17.5 Å². The van der Waals surface area contributed by atoms with Crippen molar-refractivity contribution in [1.29, 1.82) is 0 Å². The molecule has 0 bridgehead atoms. The molecule has 5 aromatic rings. The Hall–Kier alpha value is -7.61. The average molecular weight is 854 g/mol. The largest absolute Gasteiger partial charge is 0.481 e. The number of carboxylic acid groups (broad SMARTS) is 4. The van der Waals surface area contributed by atoms with E-state index in [1.807, 2.05) is 119 Å². The van der Waals surface area contributed by atoms with E-state index in [2.05, 4.69) is 37.1 Å². The number of benzene rings is 4. The quantitative estimate of drug-likeness (QED) is 0.0504. The Kier molecular flexibility index (Phi) is 13.5. The van der Waals surface area contributed by atoms with Crippen LogP contribution in [0, 0.1) is 0 Å². The molecule has 2 heterocycles. The molecule has 0 fully saturated rings. The van der Waals surface area contributed by atoms with E-state index in [1.54, 1.807) is 0 Å². The van der Waals surface area contributed by atoms with Gasteiger partial charge in [-0.1, -0.05) is 91.1 Å². The lowest BCUT2D eigenvalue weighted by molar-refractivity contribution is -0.436. The van der Waals surface area contributed by atoms with Crippen LogP contribution in [-0.2, 0) is 40.7 Å². The summed E-state index contributed by atoms with van der Waals surface area (Å²) in [6.07, 6.45) is 9.87. The molecular weight excluding hydrogens is 805 g/mol. The van der Waals surface area contributed by atoms with Crippen LogP contribution in [0.2, 0.25) is 0 Å². The van der Waals surface area contributed by atoms with Crippen molar-refractivity contribution in [3.63, 3.8) is 0 Å². The maximum Gasteiger partial charge on any atom is 0.326 e. The van der Waals surface area contributed by atoms with Gasteiger partial charge in [-0.3, -0.25) is 19.2 Å². The molecule has 0 saturated carbocycles. The van der Waals surface area contributed by atoms with Crippen LogP contribution in [0.1, 0.15) is 52.0 Å². The Bertz CT molecular complexity index is 2940. The van der Waals surface area contributed by atoms with E-state index >= 15 is 0 Å². The zero-order valence-electron chi connectivity index (χ0n) is 35.1. The molecule has 1 aliphatic heterocycles. The zero-order chi connectivity index (χ0) is 45.6. The number of carbonyl (C=O) groups is 6. The van der Waals surface area contributed by atoms with Gasteiger partial charge in [0.15, 0.2) is 12.3 Å². The number of carboxylic acids is 4. The first kappa shape index (κ1) is 44.9. The number of aryl methyl sites for hydroxylation is 1. The molecule has 2 amide bonds. The molecule has 324 valence electrons. The third-order valence-corrected chi connectivity index (χ3v) is 11.2. The van der Waals surface area contributed by atoms with E-state index in [1.165, 1.54) is 0 Å². The highest BCUT2D eigenvalue weighted by molar-refractivity contribution is 6.08. The van der Waals surface area contributed by atoms with Gasteiger partial charge in [0.25, 0.3) is 0 Å². The number of allylic oxidation sites excluding steroid dienone is 6. The molecule has 6 N–H and O–H groups in total. The number of nitrogens with zero attached hydrogens (tertiary/aromatic N) is 2. The van der Waals surface area contributed by atoms with Crippen molar-refractivity contribution in [2.45, 2.75) is 70.5 Å². The fraction of sp³-hybridized carbons (Fsp3) is 0.245. The van der Waals surface area contributed by atoms with Crippen LogP contribution in [0.5, 0.6) is 0 Å². The van der Waals surface area contributed by atoms with Crippen LogP contribution >= 0.6 is 0 Å². The summed E-state index contributed by atoms with van der Waals surface area (Å²) in [6, 6.07) is 20.8. The number of aromatic nitrogens is 1. The van der Waals surface area contributed by atoms with Crippen LogP contribution in [0.3, 0.4) is 0 Å². The molecule has 1 aliphatic rings. The normalized spacial score (nSPS) is 15.0. The fourth-order valence-corrected chi connectivity index (χ4v) is 8.28. The molecule has 63 heavy (non-hydrogen) atoms. The Morgan fingerprint density at radius 3 is 1.95 bits per heavy atom. The third kappa shape index (κ3) is 9.97. The van der Waals surface area contributed by atoms with Gasteiger partial charge in [-0.2, -0.15) is 4.58 Å². The number of rotatable bonds is 18. The average Bonchev–Trinajstić information content (AvgIpc) is 3.63. The minimum atomic E-state index is -1.56. The highest BCUT2D eigenvalue weighted by Gasteiger charge is 2.45. The molecule has 1 aromatic heterocycles. The molecule has 6 rings (SSSR count). The van der Waals surface area contributed by atoms with Crippen molar-refractivity contribution < 1.29 is 53.8 Å². The third-order valence-electron chi connectivity index (χ3n) is 11.2. The zero-order valence-corrected chi connectivity index (χ0v) is 35.1. The molecular formula is C49H49N4O10+. The van der Waals surface area contributed by atoms with Gasteiger partial charge in [0.05, 0.1) is 24.7 Å². The second-order valence-corrected chi connectivity index (χ2v) is 15.9. The summed E-state index contributed by atoms with van der Waals surface area (Å²) >= 11 is 0. The van der Waals surface area contributed by atoms with Crippen molar-refractivity contribution in [2.24, 2.45) is 0 Å². The Labute approximate surface area is 362 Å². The van der Waals surface area contributed by atoms with E-state index in [-0.39, 0.29) is 25.9 Å². The number of hydrogen-bond donors (Lipinski definition) is 6. The first-order valence-corrected chi connectivity index (χ1v) is 20.3. The predicted molar refractivity (Wildman–Crippen MR) is 240 cm³/mol. The summed E-state index contributed by atoms with van der Waals surface area (Å²) in [5, 5.41) is 48.3. The summed E-state index contributed by atoms with van der Waals surface area (Å²) < 4.78 is 3.99. The van der Waals surface area contributed by atoms with Crippen molar-refractivity contribution in [3.8, 4) is 0 Å². The number of amides is 2. The van der Waals surface area contributed by atoms with Gasteiger partial charge in [0.1, 0.15) is 12.1 Å². The van der Waals surface area contributed by atoms with E-state index in [0.29, 0.717) is 0 Å². The van der Waals surface area contributed by atoms with Crippen molar-refractivity contribution in [3.05, 3.63) is 125 Å².